The molecule has 0 aliphatic rings. The number of carbonyl (C=O) groups is 1. The summed E-state index contributed by atoms with van der Waals surface area (Å²) < 4.78 is 14.1. The topological polar surface area (TPSA) is 55.1 Å². The number of anilines is 2. The van der Waals surface area contributed by atoms with Crippen molar-refractivity contribution in [3.63, 3.8) is 0 Å². The summed E-state index contributed by atoms with van der Waals surface area (Å²) in [5.41, 5.74) is 7.68. The van der Waals surface area contributed by atoms with Crippen LogP contribution in [0.3, 0.4) is 0 Å². The van der Waals surface area contributed by atoms with Gasteiger partial charge in [-0.15, -0.1) is 0 Å². The number of halogens is 2. The monoisotopic (exact) mass is 322 g/mol. The van der Waals surface area contributed by atoms with Gasteiger partial charge in [-0.1, -0.05) is 15.9 Å². The summed E-state index contributed by atoms with van der Waals surface area (Å²) in [5.74, 6) is -0.828. The quantitative estimate of drug-likeness (QED) is 0.828. The van der Waals surface area contributed by atoms with E-state index in [9.17, 15) is 9.18 Å². The number of nitrogen functional groups attached to an aromatic ring is 1. The Morgan fingerprint density at radius 2 is 2.00 bits per heavy atom. The Bertz CT molecular complexity index is 623. The molecule has 98 valence electrons. The van der Waals surface area contributed by atoms with E-state index in [1.807, 2.05) is 0 Å². The van der Waals surface area contributed by atoms with Crippen LogP contribution in [0.5, 0.6) is 0 Å². The third-order valence-corrected chi connectivity index (χ3v) is 3.06. The largest absolute Gasteiger partial charge is 0.397 e. The number of benzene rings is 2. The molecule has 19 heavy (non-hydrogen) atoms. The van der Waals surface area contributed by atoms with E-state index >= 15 is 0 Å². The van der Waals surface area contributed by atoms with Gasteiger partial charge in [0.15, 0.2) is 0 Å². The van der Waals surface area contributed by atoms with Crippen LogP contribution in [0, 0.1) is 12.7 Å². The summed E-state index contributed by atoms with van der Waals surface area (Å²) in [5, 5.41) is 2.66. The molecule has 0 aliphatic carbocycles. The molecule has 0 radical (unpaired) electrons. The van der Waals surface area contributed by atoms with E-state index in [-0.39, 0.29) is 5.56 Å². The molecule has 0 fully saturated rings. The van der Waals surface area contributed by atoms with Crippen molar-refractivity contribution >= 4 is 33.2 Å². The lowest BCUT2D eigenvalue weighted by atomic mass is 10.1. The number of hydrogen-bond acceptors (Lipinski definition) is 2. The molecule has 0 unspecified atom stereocenters. The number of nitrogens with one attached hydrogen (secondary N) is 1. The highest BCUT2D eigenvalue weighted by Crippen LogP contribution is 2.23. The molecule has 1 amide bonds. The molecule has 0 bridgehead atoms. The van der Waals surface area contributed by atoms with Gasteiger partial charge >= 0.3 is 0 Å². The molecular weight excluding hydrogens is 311 g/mol. The SMILES string of the molecule is Cc1cc(F)cc(C(=O)Nc2ccc(Br)cc2N)c1. The second-order valence-electron chi connectivity index (χ2n) is 4.20. The predicted molar refractivity (Wildman–Crippen MR) is 77.6 cm³/mol. The van der Waals surface area contributed by atoms with Crippen LogP contribution in [-0.4, -0.2) is 5.91 Å². The van der Waals surface area contributed by atoms with Gasteiger partial charge in [-0.3, -0.25) is 4.79 Å². The molecule has 5 heteroatoms. The molecule has 0 heterocycles. The highest BCUT2D eigenvalue weighted by molar-refractivity contribution is 9.10. The number of carbonyl (C=O) groups excluding carboxylic acids is 1. The third-order valence-electron chi connectivity index (χ3n) is 2.57. The van der Waals surface area contributed by atoms with Gasteiger partial charge in [0.1, 0.15) is 5.82 Å². The van der Waals surface area contributed by atoms with Crippen LogP contribution in [0.15, 0.2) is 40.9 Å². The first-order valence-electron chi connectivity index (χ1n) is 5.59. The molecule has 0 aromatic heterocycles. The first-order chi connectivity index (χ1) is 8.95. The van der Waals surface area contributed by atoms with E-state index in [1.54, 1.807) is 31.2 Å². The summed E-state index contributed by atoms with van der Waals surface area (Å²) in [6, 6.07) is 9.31. The van der Waals surface area contributed by atoms with Crippen molar-refractivity contribution in [1.29, 1.82) is 0 Å². The zero-order valence-electron chi connectivity index (χ0n) is 10.2. The zero-order chi connectivity index (χ0) is 14.0. The van der Waals surface area contributed by atoms with Crippen molar-refractivity contribution in [1.82, 2.24) is 0 Å². The zero-order valence-corrected chi connectivity index (χ0v) is 11.8. The van der Waals surface area contributed by atoms with Crippen LogP contribution in [-0.2, 0) is 0 Å². The van der Waals surface area contributed by atoms with Crippen molar-refractivity contribution in [3.8, 4) is 0 Å². The van der Waals surface area contributed by atoms with Gasteiger partial charge in [-0.2, -0.15) is 0 Å². The molecule has 3 nitrogen and oxygen atoms in total. The van der Waals surface area contributed by atoms with Gasteiger partial charge in [-0.05, 0) is 48.9 Å². The predicted octanol–water partition coefficient (Wildman–Crippen LogP) is 3.73. The van der Waals surface area contributed by atoms with Crippen molar-refractivity contribution in [2.45, 2.75) is 6.92 Å². The number of rotatable bonds is 2. The highest BCUT2D eigenvalue weighted by atomic mass is 79.9. The maximum atomic E-state index is 13.2. The Hall–Kier alpha value is -1.88. The first kappa shape index (κ1) is 13.5. The summed E-state index contributed by atoms with van der Waals surface area (Å²) >= 11 is 3.28. The lowest BCUT2D eigenvalue weighted by Gasteiger charge is -2.09. The Labute approximate surface area is 118 Å². The molecule has 0 aliphatic heterocycles. The molecule has 0 saturated heterocycles. The number of hydrogen-bond donors (Lipinski definition) is 2. The standard InChI is InChI=1S/C14H12BrFN2O/c1-8-4-9(6-11(16)5-8)14(19)18-13-3-2-10(15)7-12(13)17/h2-7H,17H2,1H3,(H,18,19). The molecule has 2 aromatic rings. The second kappa shape index (κ2) is 5.40. The summed E-state index contributed by atoms with van der Waals surface area (Å²) in [7, 11) is 0. The van der Waals surface area contributed by atoms with Gasteiger partial charge in [0, 0.05) is 10.0 Å². The fraction of sp³-hybridized carbons (Fsp3) is 0.0714. The van der Waals surface area contributed by atoms with E-state index in [4.69, 9.17) is 5.73 Å². The van der Waals surface area contributed by atoms with E-state index < -0.39 is 11.7 Å². The third kappa shape index (κ3) is 3.32. The first-order valence-corrected chi connectivity index (χ1v) is 6.38. The van der Waals surface area contributed by atoms with Crippen LogP contribution in [0.25, 0.3) is 0 Å². The normalized spacial score (nSPS) is 10.3. The minimum absolute atomic E-state index is 0.264. The van der Waals surface area contributed by atoms with Gasteiger partial charge in [-0.25, -0.2) is 4.39 Å². The van der Waals surface area contributed by atoms with Gasteiger partial charge in [0.05, 0.1) is 11.4 Å². The maximum absolute atomic E-state index is 13.2. The number of amides is 1. The van der Waals surface area contributed by atoms with E-state index in [2.05, 4.69) is 21.2 Å². The molecule has 3 N–H and O–H groups in total. The lowest BCUT2D eigenvalue weighted by Crippen LogP contribution is -2.13. The summed E-state index contributed by atoms with van der Waals surface area (Å²) in [4.78, 5) is 12.0. The maximum Gasteiger partial charge on any atom is 0.255 e. The lowest BCUT2D eigenvalue weighted by molar-refractivity contribution is 0.102. The average Bonchev–Trinajstić information content (AvgIpc) is 2.31. The molecule has 0 atom stereocenters. The van der Waals surface area contributed by atoms with Crippen LogP contribution >= 0.6 is 15.9 Å². The Balaban J connectivity index is 2.25. The van der Waals surface area contributed by atoms with Crippen molar-refractivity contribution in [2.75, 3.05) is 11.1 Å². The summed E-state index contributed by atoms with van der Waals surface area (Å²) in [6.45, 7) is 1.73. The number of aryl methyl sites for hydroxylation is 1. The number of nitrogens with two attached hydrogens (primary N) is 1. The smallest absolute Gasteiger partial charge is 0.255 e. The Kier molecular flexibility index (Phi) is 3.85. The van der Waals surface area contributed by atoms with E-state index in [0.29, 0.717) is 16.9 Å². The Morgan fingerprint density at radius 3 is 2.63 bits per heavy atom. The fourth-order valence-electron chi connectivity index (χ4n) is 1.71. The van der Waals surface area contributed by atoms with Crippen molar-refractivity contribution in [2.24, 2.45) is 0 Å². The van der Waals surface area contributed by atoms with Gasteiger partial charge in [0.25, 0.3) is 5.91 Å². The highest BCUT2D eigenvalue weighted by Gasteiger charge is 2.10. The van der Waals surface area contributed by atoms with E-state index in [0.717, 1.165) is 4.47 Å². The van der Waals surface area contributed by atoms with Crippen molar-refractivity contribution < 1.29 is 9.18 Å². The average molecular weight is 323 g/mol. The second-order valence-corrected chi connectivity index (χ2v) is 5.12. The van der Waals surface area contributed by atoms with Crippen LogP contribution in [0.4, 0.5) is 15.8 Å². The molecule has 0 spiro atoms. The summed E-state index contributed by atoms with van der Waals surface area (Å²) in [6.07, 6.45) is 0. The van der Waals surface area contributed by atoms with Gasteiger partial charge in [0.2, 0.25) is 0 Å². The minimum Gasteiger partial charge on any atom is -0.397 e. The molecule has 0 saturated carbocycles. The van der Waals surface area contributed by atoms with Crippen LogP contribution in [0.1, 0.15) is 15.9 Å². The van der Waals surface area contributed by atoms with E-state index in [1.165, 1.54) is 12.1 Å². The molecule has 2 rings (SSSR count). The fourth-order valence-corrected chi connectivity index (χ4v) is 2.09. The van der Waals surface area contributed by atoms with Crippen molar-refractivity contribution in [3.05, 3.63) is 57.8 Å². The van der Waals surface area contributed by atoms with Gasteiger partial charge < -0.3 is 11.1 Å². The van der Waals surface area contributed by atoms with Crippen LogP contribution in [0.2, 0.25) is 0 Å². The molecular formula is C14H12BrFN2O. The minimum atomic E-state index is -0.436. The Morgan fingerprint density at radius 1 is 1.26 bits per heavy atom. The molecule has 2 aromatic carbocycles. The van der Waals surface area contributed by atoms with Crippen LogP contribution < -0.4 is 11.1 Å².